The number of ether oxygens (including phenoxy) is 2. The number of ketones is 1. The lowest BCUT2D eigenvalue weighted by atomic mass is 9.96. The highest BCUT2D eigenvalue weighted by Gasteiger charge is 2.40. The summed E-state index contributed by atoms with van der Waals surface area (Å²) < 4.78 is 11.1. The molecule has 8 heteroatoms. The zero-order valence-corrected chi connectivity index (χ0v) is 17.0. The second-order valence-electron chi connectivity index (χ2n) is 7.99. The Kier molecular flexibility index (Phi) is 4.66. The molecule has 29 heavy (non-hydrogen) atoms. The largest absolute Gasteiger partial charge is 0.486 e. The number of hydrogen-bond donors (Lipinski definition) is 2. The number of carbonyl (C=O) groups is 2. The minimum absolute atomic E-state index is 0.191. The topological polar surface area (TPSA) is 89.6 Å². The van der Waals surface area contributed by atoms with Crippen LogP contribution < -0.4 is 20.1 Å². The predicted molar refractivity (Wildman–Crippen MR) is 110 cm³/mol. The number of hydrogen-bond acceptors (Lipinski definition) is 7. The second-order valence-corrected chi connectivity index (χ2v) is 8.99. The molecule has 152 valence electrons. The Morgan fingerprint density at radius 1 is 1.14 bits per heavy atom. The van der Waals surface area contributed by atoms with E-state index in [4.69, 9.17) is 9.47 Å². The van der Waals surface area contributed by atoms with E-state index in [9.17, 15) is 9.59 Å². The van der Waals surface area contributed by atoms with E-state index >= 15 is 0 Å². The molecule has 2 fully saturated rings. The molecule has 2 aliphatic carbocycles. The van der Waals surface area contributed by atoms with Gasteiger partial charge in [-0.2, -0.15) is 0 Å². The number of thiazole rings is 1. The van der Waals surface area contributed by atoms with Crippen molar-refractivity contribution in [1.29, 1.82) is 0 Å². The van der Waals surface area contributed by atoms with Crippen LogP contribution in [0.4, 0.5) is 10.9 Å². The van der Waals surface area contributed by atoms with Gasteiger partial charge in [-0.25, -0.2) is 4.98 Å². The zero-order valence-electron chi connectivity index (χ0n) is 16.2. The summed E-state index contributed by atoms with van der Waals surface area (Å²) in [5.74, 6) is 2.57. The standard InChI is InChI=1S/C21H23N3O4S/c1-11(25)22-20-19(18(26)14-4-5-16-17(10-14)28-7-6-27-16)29-21(24-20)23-15-9-12-2-3-13(15)8-12/h4-5,10,12-13,15H,2-3,6-9H2,1H3,(H,22,25)(H,23,24)/t12?,13?,15-/m0/s1. The van der Waals surface area contributed by atoms with Gasteiger partial charge >= 0.3 is 0 Å². The van der Waals surface area contributed by atoms with Crippen LogP contribution in [0.1, 0.15) is 47.8 Å². The van der Waals surface area contributed by atoms with Crippen LogP contribution in [0.5, 0.6) is 11.5 Å². The number of fused-ring (bicyclic) bond motifs is 3. The fourth-order valence-electron chi connectivity index (χ4n) is 4.68. The van der Waals surface area contributed by atoms with Crippen molar-refractivity contribution in [3.8, 4) is 11.5 Å². The van der Waals surface area contributed by atoms with Crippen molar-refractivity contribution in [1.82, 2.24) is 4.98 Å². The van der Waals surface area contributed by atoms with Gasteiger partial charge in [0.1, 0.15) is 18.1 Å². The van der Waals surface area contributed by atoms with E-state index in [1.165, 1.54) is 37.5 Å². The van der Waals surface area contributed by atoms with Crippen LogP contribution in [0, 0.1) is 11.8 Å². The highest BCUT2D eigenvalue weighted by atomic mass is 32.1. The molecule has 2 aromatic rings. The minimum atomic E-state index is -0.252. The fourth-order valence-corrected chi connectivity index (χ4v) is 5.63. The van der Waals surface area contributed by atoms with Gasteiger partial charge in [0.2, 0.25) is 11.7 Å². The molecular weight excluding hydrogens is 390 g/mol. The van der Waals surface area contributed by atoms with Crippen molar-refractivity contribution >= 4 is 34.0 Å². The van der Waals surface area contributed by atoms with E-state index in [0.717, 1.165) is 12.3 Å². The number of benzene rings is 1. The Morgan fingerprint density at radius 2 is 1.97 bits per heavy atom. The highest BCUT2D eigenvalue weighted by molar-refractivity contribution is 7.18. The lowest BCUT2D eigenvalue weighted by Gasteiger charge is -2.22. The third kappa shape index (κ3) is 3.57. The van der Waals surface area contributed by atoms with Crippen LogP contribution in [0.2, 0.25) is 0 Å². The Balaban J connectivity index is 1.42. The zero-order chi connectivity index (χ0) is 20.0. The monoisotopic (exact) mass is 413 g/mol. The number of rotatable bonds is 5. The Morgan fingerprint density at radius 3 is 2.69 bits per heavy atom. The molecule has 0 radical (unpaired) electrons. The molecule has 2 bridgehead atoms. The number of aromatic nitrogens is 1. The lowest BCUT2D eigenvalue weighted by Crippen LogP contribution is -2.25. The van der Waals surface area contributed by atoms with E-state index in [0.29, 0.717) is 58.1 Å². The van der Waals surface area contributed by atoms with Crippen molar-refractivity contribution < 1.29 is 19.1 Å². The first kappa shape index (κ1) is 18.4. The Labute approximate surface area is 172 Å². The van der Waals surface area contributed by atoms with Crippen molar-refractivity contribution in [3.05, 3.63) is 28.6 Å². The maximum absolute atomic E-state index is 13.2. The molecule has 5 rings (SSSR count). The summed E-state index contributed by atoms with van der Waals surface area (Å²) in [5.41, 5.74) is 0.482. The van der Waals surface area contributed by atoms with Gasteiger partial charge < -0.3 is 20.1 Å². The summed E-state index contributed by atoms with van der Waals surface area (Å²) in [6.07, 6.45) is 5.02. The van der Waals surface area contributed by atoms with Crippen LogP contribution in [0.3, 0.4) is 0 Å². The van der Waals surface area contributed by atoms with Gasteiger partial charge in [-0.3, -0.25) is 9.59 Å². The van der Waals surface area contributed by atoms with Crippen molar-refractivity contribution in [2.45, 2.75) is 38.6 Å². The molecule has 1 amide bonds. The molecule has 1 aromatic heterocycles. The van der Waals surface area contributed by atoms with Crippen molar-refractivity contribution in [2.75, 3.05) is 23.8 Å². The molecule has 3 atom stereocenters. The smallest absolute Gasteiger partial charge is 0.222 e. The van der Waals surface area contributed by atoms with Crippen LogP contribution >= 0.6 is 11.3 Å². The van der Waals surface area contributed by atoms with Crippen LogP contribution in [0.15, 0.2) is 18.2 Å². The molecular formula is C21H23N3O4S. The second kappa shape index (κ2) is 7.33. The third-order valence-corrected chi connectivity index (χ3v) is 6.96. The molecule has 2 unspecified atom stereocenters. The summed E-state index contributed by atoms with van der Waals surface area (Å²) in [7, 11) is 0. The van der Waals surface area contributed by atoms with Gasteiger partial charge in [0.05, 0.1) is 0 Å². The van der Waals surface area contributed by atoms with Crippen molar-refractivity contribution in [3.63, 3.8) is 0 Å². The van der Waals surface area contributed by atoms with Gasteiger partial charge in [-0.05, 0) is 49.3 Å². The summed E-state index contributed by atoms with van der Waals surface area (Å²) in [6, 6.07) is 5.56. The summed E-state index contributed by atoms with van der Waals surface area (Å²) in [5, 5.41) is 6.92. The van der Waals surface area contributed by atoms with E-state index in [-0.39, 0.29) is 11.7 Å². The number of amides is 1. The summed E-state index contributed by atoms with van der Waals surface area (Å²) >= 11 is 1.30. The maximum Gasteiger partial charge on any atom is 0.222 e. The van der Waals surface area contributed by atoms with E-state index in [2.05, 4.69) is 15.6 Å². The molecule has 1 aromatic carbocycles. The molecule has 0 spiro atoms. The number of nitrogens with one attached hydrogen (secondary N) is 2. The highest BCUT2D eigenvalue weighted by Crippen LogP contribution is 2.46. The molecule has 2 heterocycles. The summed E-state index contributed by atoms with van der Waals surface area (Å²) in [6.45, 7) is 2.38. The quantitative estimate of drug-likeness (QED) is 0.727. The predicted octanol–water partition coefficient (Wildman–Crippen LogP) is 3.70. The van der Waals surface area contributed by atoms with Gasteiger partial charge in [0.15, 0.2) is 22.4 Å². The van der Waals surface area contributed by atoms with Gasteiger partial charge in [-0.15, -0.1) is 0 Å². The molecule has 2 saturated carbocycles. The van der Waals surface area contributed by atoms with Crippen molar-refractivity contribution in [2.24, 2.45) is 11.8 Å². The van der Waals surface area contributed by atoms with Gasteiger partial charge in [0.25, 0.3) is 0 Å². The van der Waals surface area contributed by atoms with Crippen LogP contribution in [-0.4, -0.2) is 35.9 Å². The Bertz CT molecular complexity index is 973. The van der Waals surface area contributed by atoms with E-state index < -0.39 is 0 Å². The fraction of sp³-hybridized carbons (Fsp3) is 0.476. The third-order valence-electron chi connectivity index (χ3n) is 5.98. The lowest BCUT2D eigenvalue weighted by molar-refractivity contribution is -0.114. The number of carbonyl (C=O) groups excluding carboxylic acids is 2. The Hall–Kier alpha value is -2.61. The van der Waals surface area contributed by atoms with E-state index in [1.54, 1.807) is 18.2 Å². The average molecular weight is 413 g/mol. The molecule has 2 N–H and O–H groups in total. The van der Waals surface area contributed by atoms with Crippen LogP contribution in [0.25, 0.3) is 0 Å². The first-order chi connectivity index (χ1) is 14.1. The molecule has 0 saturated heterocycles. The summed E-state index contributed by atoms with van der Waals surface area (Å²) in [4.78, 5) is 29.8. The molecule has 1 aliphatic heterocycles. The van der Waals surface area contributed by atoms with Crippen LogP contribution in [-0.2, 0) is 4.79 Å². The SMILES string of the molecule is CC(=O)Nc1nc(N[C@H]2CC3CCC2C3)sc1C(=O)c1ccc2c(c1)OCCO2. The first-order valence-electron chi connectivity index (χ1n) is 10.1. The number of nitrogens with zero attached hydrogens (tertiary/aromatic N) is 1. The number of anilines is 2. The maximum atomic E-state index is 13.2. The van der Waals surface area contributed by atoms with E-state index in [1.807, 2.05) is 0 Å². The first-order valence-corrected chi connectivity index (χ1v) is 10.9. The average Bonchev–Trinajstić information content (AvgIpc) is 3.43. The van der Waals surface area contributed by atoms with Gasteiger partial charge in [-0.1, -0.05) is 17.8 Å². The minimum Gasteiger partial charge on any atom is -0.486 e. The normalized spacial score (nSPS) is 24.4. The van der Waals surface area contributed by atoms with Gasteiger partial charge in [0, 0.05) is 18.5 Å². The molecule has 3 aliphatic rings. The molecule has 7 nitrogen and oxygen atoms in total.